The van der Waals surface area contributed by atoms with Crippen LogP contribution in [0.25, 0.3) is 0 Å². The SMILES string of the molecule is C1=CN(c2ccccn2)CN=C1c1ccc2c(c1)CC=N2. The summed E-state index contributed by atoms with van der Waals surface area (Å²) in [6, 6.07) is 12.2. The molecule has 0 atom stereocenters. The highest BCUT2D eigenvalue weighted by molar-refractivity contribution is 6.10. The molecule has 0 radical (unpaired) electrons. The fourth-order valence-corrected chi connectivity index (χ4v) is 2.55. The molecule has 0 bridgehead atoms. The van der Waals surface area contributed by atoms with Crippen molar-refractivity contribution in [2.24, 2.45) is 9.98 Å². The number of hydrogen-bond acceptors (Lipinski definition) is 4. The van der Waals surface area contributed by atoms with Crippen molar-refractivity contribution >= 4 is 23.4 Å². The Labute approximate surface area is 123 Å². The van der Waals surface area contributed by atoms with Gasteiger partial charge in [-0.25, -0.2) is 4.98 Å². The highest BCUT2D eigenvalue weighted by Gasteiger charge is 2.12. The number of allylic oxidation sites excluding steroid dienone is 1. The zero-order chi connectivity index (χ0) is 14.1. The van der Waals surface area contributed by atoms with E-state index in [0.717, 1.165) is 29.2 Å². The van der Waals surface area contributed by atoms with Crippen molar-refractivity contribution in [1.82, 2.24) is 4.98 Å². The Hall–Kier alpha value is -2.75. The molecule has 4 rings (SSSR count). The highest BCUT2D eigenvalue weighted by Crippen LogP contribution is 2.26. The first-order valence-electron chi connectivity index (χ1n) is 6.96. The third-order valence-corrected chi connectivity index (χ3v) is 3.67. The van der Waals surface area contributed by atoms with E-state index >= 15 is 0 Å². The van der Waals surface area contributed by atoms with Gasteiger partial charge in [-0.1, -0.05) is 12.1 Å². The van der Waals surface area contributed by atoms with E-state index in [9.17, 15) is 0 Å². The van der Waals surface area contributed by atoms with Gasteiger partial charge in [0.25, 0.3) is 0 Å². The van der Waals surface area contributed by atoms with Gasteiger partial charge in [-0.15, -0.1) is 0 Å². The quantitative estimate of drug-likeness (QED) is 0.844. The second-order valence-electron chi connectivity index (χ2n) is 5.02. The molecular weight excluding hydrogens is 260 g/mol. The summed E-state index contributed by atoms with van der Waals surface area (Å²) in [5.74, 6) is 0.916. The molecule has 0 saturated carbocycles. The number of aromatic nitrogens is 1. The van der Waals surface area contributed by atoms with E-state index in [0.29, 0.717) is 6.67 Å². The molecule has 0 aliphatic carbocycles. The Bertz CT molecular complexity index is 760. The van der Waals surface area contributed by atoms with Crippen LogP contribution in [0.5, 0.6) is 0 Å². The van der Waals surface area contributed by atoms with Crippen LogP contribution in [-0.4, -0.2) is 23.6 Å². The predicted molar refractivity (Wildman–Crippen MR) is 85.6 cm³/mol. The number of hydrogen-bond donors (Lipinski definition) is 0. The summed E-state index contributed by atoms with van der Waals surface area (Å²) >= 11 is 0. The smallest absolute Gasteiger partial charge is 0.133 e. The number of benzene rings is 1. The van der Waals surface area contributed by atoms with Crippen LogP contribution in [-0.2, 0) is 6.42 Å². The van der Waals surface area contributed by atoms with Gasteiger partial charge in [0, 0.05) is 30.6 Å². The first kappa shape index (κ1) is 12.0. The molecule has 0 amide bonds. The van der Waals surface area contributed by atoms with E-state index in [4.69, 9.17) is 0 Å². The third-order valence-electron chi connectivity index (χ3n) is 3.67. The minimum atomic E-state index is 0.594. The first-order chi connectivity index (χ1) is 10.4. The molecular formula is C17H14N4. The van der Waals surface area contributed by atoms with Crippen molar-refractivity contribution in [2.45, 2.75) is 6.42 Å². The maximum atomic E-state index is 4.66. The molecule has 0 N–H and O–H groups in total. The molecule has 4 heteroatoms. The van der Waals surface area contributed by atoms with Crippen molar-refractivity contribution in [3.8, 4) is 0 Å². The minimum Gasteiger partial charge on any atom is -0.313 e. The zero-order valence-corrected chi connectivity index (χ0v) is 11.5. The maximum Gasteiger partial charge on any atom is 0.133 e. The van der Waals surface area contributed by atoms with Crippen LogP contribution in [0.1, 0.15) is 11.1 Å². The van der Waals surface area contributed by atoms with Crippen LogP contribution in [0.2, 0.25) is 0 Å². The topological polar surface area (TPSA) is 40.9 Å². The maximum absolute atomic E-state index is 4.66. The second-order valence-corrected chi connectivity index (χ2v) is 5.02. The van der Waals surface area contributed by atoms with Crippen molar-refractivity contribution < 1.29 is 0 Å². The fraction of sp³-hybridized carbons (Fsp3) is 0.118. The third kappa shape index (κ3) is 2.25. The molecule has 4 nitrogen and oxygen atoms in total. The number of fused-ring (bicyclic) bond motifs is 1. The Balaban J connectivity index is 1.57. The summed E-state index contributed by atoms with van der Waals surface area (Å²) in [6.45, 7) is 0.594. The lowest BCUT2D eigenvalue weighted by Gasteiger charge is -2.21. The van der Waals surface area contributed by atoms with Gasteiger partial charge >= 0.3 is 0 Å². The van der Waals surface area contributed by atoms with E-state index < -0.39 is 0 Å². The molecule has 21 heavy (non-hydrogen) atoms. The standard InChI is InChI=1S/C17H14N4/c1-2-8-19-17(3-1)21-10-7-16(20-12-21)13-4-5-15-14(11-13)6-9-18-15/h1-5,7-11H,6,12H2. The van der Waals surface area contributed by atoms with Crippen LogP contribution < -0.4 is 4.90 Å². The monoisotopic (exact) mass is 274 g/mol. The fourth-order valence-electron chi connectivity index (χ4n) is 2.55. The Morgan fingerprint density at radius 1 is 1.10 bits per heavy atom. The van der Waals surface area contributed by atoms with Crippen LogP contribution >= 0.6 is 0 Å². The Morgan fingerprint density at radius 3 is 2.90 bits per heavy atom. The summed E-state index contributed by atoms with van der Waals surface area (Å²) in [5, 5.41) is 0. The molecule has 1 aromatic carbocycles. The lowest BCUT2D eigenvalue weighted by Crippen LogP contribution is -2.22. The minimum absolute atomic E-state index is 0.594. The summed E-state index contributed by atoms with van der Waals surface area (Å²) in [7, 11) is 0. The van der Waals surface area contributed by atoms with Crippen LogP contribution in [0.4, 0.5) is 11.5 Å². The van der Waals surface area contributed by atoms with Gasteiger partial charge in [0.2, 0.25) is 0 Å². The predicted octanol–water partition coefficient (Wildman–Crippen LogP) is 3.12. The van der Waals surface area contributed by atoms with Crippen molar-refractivity contribution in [3.63, 3.8) is 0 Å². The number of pyridine rings is 1. The number of anilines is 1. The average Bonchev–Trinajstić information content (AvgIpc) is 3.03. The lowest BCUT2D eigenvalue weighted by atomic mass is 10.0. The largest absolute Gasteiger partial charge is 0.313 e. The van der Waals surface area contributed by atoms with E-state index in [2.05, 4.69) is 33.2 Å². The van der Waals surface area contributed by atoms with Gasteiger partial charge in [0.15, 0.2) is 0 Å². The van der Waals surface area contributed by atoms with Gasteiger partial charge in [0.05, 0.1) is 11.4 Å². The van der Waals surface area contributed by atoms with E-state index in [1.54, 1.807) is 6.20 Å². The van der Waals surface area contributed by atoms with Gasteiger partial charge in [-0.05, 0) is 35.9 Å². The van der Waals surface area contributed by atoms with E-state index in [1.807, 2.05) is 41.6 Å². The number of nitrogens with zero attached hydrogens (tertiary/aromatic N) is 4. The molecule has 0 unspecified atom stereocenters. The molecule has 3 heterocycles. The molecule has 102 valence electrons. The lowest BCUT2D eigenvalue weighted by molar-refractivity contribution is 0.938. The van der Waals surface area contributed by atoms with Crippen LogP contribution in [0.3, 0.4) is 0 Å². The Morgan fingerprint density at radius 2 is 2.10 bits per heavy atom. The molecule has 0 fully saturated rings. The summed E-state index contributed by atoms with van der Waals surface area (Å²) in [6.07, 6.45) is 8.74. The van der Waals surface area contributed by atoms with Gasteiger partial charge in [-0.3, -0.25) is 9.98 Å². The van der Waals surface area contributed by atoms with Crippen molar-refractivity contribution in [1.29, 1.82) is 0 Å². The molecule has 2 aliphatic rings. The van der Waals surface area contributed by atoms with Gasteiger partial charge < -0.3 is 4.90 Å². The molecule has 2 aliphatic heterocycles. The van der Waals surface area contributed by atoms with E-state index in [-0.39, 0.29) is 0 Å². The summed E-state index contributed by atoms with van der Waals surface area (Å²) in [4.78, 5) is 15.4. The van der Waals surface area contributed by atoms with Crippen LogP contribution in [0.15, 0.2) is 64.9 Å². The van der Waals surface area contributed by atoms with Crippen molar-refractivity contribution in [3.05, 3.63) is 66.0 Å². The molecule has 1 aromatic heterocycles. The van der Waals surface area contributed by atoms with E-state index in [1.165, 1.54) is 5.56 Å². The molecule has 2 aromatic rings. The molecule has 0 saturated heterocycles. The summed E-state index contributed by atoms with van der Waals surface area (Å²) < 4.78 is 0. The number of rotatable bonds is 2. The van der Waals surface area contributed by atoms with Crippen molar-refractivity contribution in [2.75, 3.05) is 11.6 Å². The second kappa shape index (κ2) is 4.98. The normalized spacial score (nSPS) is 16.0. The average molecular weight is 274 g/mol. The first-order valence-corrected chi connectivity index (χ1v) is 6.96. The van der Waals surface area contributed by atoms with Gasteiger partial charge in [0.1, 0.15) is 12.5 Å². The van der Waals surface area contributed by atoms with Crippen LogP contribution in [0, 0.1) is 0 Å². The molecule has 0 spiro atoms. The Kier molecular flexibility index (Phi) is 2.85. The zero-order valence-electron chi connectivity index (χ0n) is 11.5. The van der Waals surface area contributed by atoms with Gasteiger partial charge in [-0.2, -0.15) is 0 Å². The highest BCUT2D eigenvalue weighted by atomic mass is 15.2. The number of aliphatic imine (C=N–C) groups is 2. The summed E-state index contributed by atoms with van der Waals surface area (Å²) in [5.41, 5.74) is 4.51.